The average molecular weight is 342 g/mol. The third-order valence-electron chi connectivity index (χ3n) is 5.09. The lowest BCUT2D eigenvalue weighted by molar-refractivity contribution is 0.0734. The quantitative estimate of drug-likeness (QED) is 0.844. The third-order valence-corrected chi connectivity index (χ3v) is 5.09. The van der Waals surface area contributed by atoms with E-state index in [9.17, 15) is 5.11 Å². The topological polar surface area (TPSA) is 75.3 Å². The first-order chi connectivity index (χ1) is 12.1. The maximum atomic E-state index is 10.4. The summed E-state index contributed by atoms with van der Waals surface area (Å²) in [5.41, 5.74) is 6.69. The zero-order valence-corrected chi connectivity index (χ0v) is 15.4. The molecule has 1 unspecified atom stereocenters. The third kappa shape index (κ3) is 4.28. The normalized spacial score (nSPS) is 17.4. The Kier molecular flexibility index (Phi) is 5.86. The van der Waals surface area contributed by atoms with Crippen molar-refractivity contribution in [1.82, 2.24) is 9.97 Å². The van der Waals surface area contributed by atoms with Gasteiger partial charge in [-0.15, -0.1) is 0 Å². The zero-order valence-electron chi connectivity index (χ0n) is 15.4. The number of para-hydroxylation sites is 1. The summed E-state index contributed by atoms with van der Waals surface area (Å²) in [6, 6.07) is 8.19. The highest BCUT2D eigenvalue weighted by atomic mass is 16.3. The van der Waals surface area contributed by atoms with Gasteiger partial charge in [0.1, 0.15) is 11.6 Å². The van der Waals surface area contributed by atoms with E-state index >= 15 is 0 Å². The fourth-order valence-corrected chi connectivity index (χ4v) is 3.76. The van der Waals surface area contributed by atoms with Crippen LogP contribution in [0.1, 0.15) is 38.9 Å². The number of benzene rings is 1. The van der Waals surface area contributed by atoms with E-state index in [0.717, 1.165) is 54.9 Å². The number of aromatic nitrogens is 2. The molecular formula is C20H30N4O. The zero-order chi connectivity index (χ0) is 17.8. The Morgan fingerprint density at radius 1 is 1.20 bits per heavy atom. The number of hydrogen-bond acceptors (Lipinski definition) is 5. The molecule has 0 radical (unpaired) electrons. The van der Waals surface area contributed by atoms with Crippen molar-refractivity contribution in [3.8, 4) is 0 Å². The number of fused-ring (bicyclic) bond motifs is 1. The van der Waals surface area contributed by atoms with Crippen LogP contribution in [0.5, 0.6) is 0 Å². The maximum Gasteiger partial charge on any atom is 0.140 e. The molecule has 136 valence electrons. The summed E-state index contributed by atoms with van der Waals surface area (Å²) in [4.78, 5) is 11.8. The molecule has 3 rings (SSSR count). The molecule has 1 aromatic carbocycles. The monoisotopic (exact) mass is 342 g/mol. The van der Waals surface area contributed by atoms with Gasteiger partial charge in [-0.3, -0.25) is 0 Å². The smallest absolute Gasteiger partial charge is 0.140 e. The van der Waals surface area contributed by atoms with Crippen LogP contribution in [-0.2, 0) is 6.42 Å². The predicted octanol–water partition coefficient (Wildman–Crippen LogP) is 2.75. The SMILES string of the molecule is CC(C)CC(O)C1CCN(c2nc(CCN)nc3ccccc23)CC1. The molecule has 1 aromatic heterocycles. The minimum Gasteiger partial charge on any atom is -0.393 e. The van der Waals surface area contributed by atoms with Crippen LogP contribution in [0.2, 0.25) is 0 Å². The van der Waals surface area contributed by atoms with Crippen molar-refractivity contribution in [2.24, 2.45) is 17.6 Å². The van der Waals surface area contributed by atoms with Gasteiger partial charge in [0.2, 0.25) is 0 Å². The Labute approximate surface area is 150 Å². The van der Waals surface area contributed by atoms with Crippen LogP contribution < -0.4 is 10.6 Å². The Bertz CT molecular complexity index is 695. The largest absolute Gasteiger partial charge is 0.393 e. The summed E-state index contributed by atoms with van der Waals surface area (Å²) in [5, 5.41) is 11.5. The van der Waals surface area contributed by atoms with Gasteiger partial charge >= 0.3 is 0 Å². The van der Waals surface area contributed by atoms with Gasteiger partial charge in [-0.2, -0.15) is 0 Å². The summed E-state index contributed by atoms with van der Waals surface area (Å²) >= 11 is 0. The van der Waals surface area contributed by atoms with E-state index in [2.05, 4.69) is 29.8 Å². The molecule has 5 nitrogen and oxygen atoms in total. The molecule has 2 heterocycles. The molecule has 0 saturated carbocycles. The van der Waals surface area contributed by atoms with Gasteiger partial charge in [0.05, 0.1) is 11.6 Å². The van der Waals surface area contributed by atoms with E-state index < -0.39 is 0 Å². The van der Waals surface area contributed by atoms with Crippen molar-refractivity contribution in [2.45, 2.75) is 45.6 Å². The molecule has 1 saturated heterocycles. The lowest BCUT2D eigenvalue weighted by atomic mass is 9.87. The minimum atomic E-state index is -0.183. The highest BCUT2D eigenvalue weighted by molar-refractivity contribution is 5.89. The molecule has 5 heteroatoms. The fourth-order valence-electron chi connectivity index (χ4n) is 3.76. The number of aliphatic hydroxyl groups excluding tert-OH is 1. The van der Waals surface area contributed by atoms with E-state index in [1.165, 1.54) is 0 Å². The summed E-state index contributed by atoms with van der Waals surface area (Å²) < 4.78 is 0. The first-order valence-corrected chi connectivity index (χ1v) is 9.47. The molecule has 1 aliphatic heterocycles. The van der Waals surface area contributed by atoms with Gasteiger partial charge in [0, 0.05) is 24.9 Å². The number of piperidine rings is 1. The highest BCUT2D eigenvalue weighted by Gasteiger charge is 2.27. The van der Waals surface area contributed by atoms with Crippen LogP contribution in [0.3, 0.4) is 0 Å². The molecule has 3 N–H and O–H groups in total. The molecule has 1 fully saturated rings. The average Bonchev–Trinajstić information content (AvgIpc) is 2.61. The van der Waals surface area contributed by atoms with Crippen LogP contribution in [-0.4, -0.2) is 40.8 Å². The molecule has 0 spiro atoms. The molecule has 0 amide bonds. The van der Waals surface area contributed by atoms with Gasteiger partial charge in [0.15, 0.2) is 0 Å². The lowest BCUT2D eigenvalue weighted by Gasteiger charge is -2.36. The Hall–Kier alpha value is -1.72. The van der Waals surface area contributed by atoms with Crippen LogP contribution in [0, 0.1) is 11.8 Å². The second-order valence-electron chi connectivity index (χ2n) is 7.54. The highest BCUT2D eigenvalue weighted by Crippen LogP contribution is 2.30. The van der Waals surface area contributed by atoms with E-state index in [-0.39, 0.29) is 6.10 Å². The van der Waals surface area contributed by atoms with E-state index in [0.29, 0.717) is 24.8 Å². The van der Waals surface area contributed by atoms with Crippen LogP contribution in [0.4, 0.5) is 5.82 Å². The van der Waals surface area contributed by atoms with Crippen molar-refractivity contribution in [3.63, 3.8) is 0 Å². The minimum absolute atomic E-state index is 0.183. The standard InChI is InChI=1S/C20H30N4O/c1-14(2)13-18(25)15-8-11-24(12-9-15)20-16-5-3-4-6-17(16)22-19(23-20)7-10-21/h3-6,14-15,18,25H,7-13,21H2,1-2H3. The van der Waals surface area contributed by atoms with Gasteiger partial charge in [-0.1, -0.05) is 26.0 Å². The first-order valence-electron chi connectivity index (χ1n) is 9.47. The first kappa shape index (κ1) is 18.1. The van der Waals surface area contributed by atoms with Gasteiger partial charge < -0.3 is 15.7 Å². The Morgan fingerprint density at radius 2 is 1.92 bits per heavy atom. The summed E-state index contributed by atoms with van der Waals surface area (Å²) in [5.74, 6) is 2.77. The molecule has 1 atom stereocenters. The molecule has 1 aliphatic rings. The molecule has 2 aromatic rings. The van der Waals surface area contributed by atoms with Crippen LogP contribution in [0.15, 0.2) is 24.3 Å². The maximum absolute atomic E-state index is 10.4. The number of nitrogens with zero attached hydrogens (tertiary/aromatic N) is 3. The lowest BCUT2D eigenvalue weighted by Crippen LogP contribution is -2.38. The number of anilines is 1. The molecule has 0 aliphatic carbocycles. The van der Waals surface area contributed by atoms with E-state index in [1.807, 2.05) is 18.2 Å². The Morgan fingerprint density at radius 3 is 2.60 bits per heavy atom. The van der Waals surface area contributed by atoms with E-state index in [1.54, 1.807) is 0 Å². The summed E-state index contributed by atoms with van der Waals surface area (Å²) in [6.45, 7) is 6.77. The van der Waals surface area contributed by atoms with Crippen LogP contribution >= 0.6 is 0 Å². The van der Waals surface area contributed by atoms with Gasteiger partial charge in [0.25, 0.3) is 0 Å². The Balaban J connectivity index is 1.78. The summed E-state index contributed by atoms with van der Waals surface area (Å²) in [6.07, 6.45) is 3.43. The van der Waals surface area contributed by atoms with Crippen molar-refractivity contribution in [3.05, 3.63) is 30.1 Å². The van der Waals surface area contributed by atoms with Crippen molar-refractivity contribution < 1.29 is 5.11 Å². The second kappa shape index (κ2) is 8.11. The van der Waals surface area contributed by atoms with Crippen molar-refractivity contribution in [1.29, 1.82) is 0 Å². The predicted molar refractivity (Wildman–Crippen MR) is 103 cm³/mol. The molecular weight excluding hydrogens is 312 g/mol. The number of nitrogens with two attached hydrogens (primary N) is 1. The van der Waals surface area contributed by atoms with Crippen molar-refractivity contribution in [2.75, 3.05) is 24.5 Å². The fraction of sp³-hybridized carbons (Fsp3) is 0.600. The van der Waals surface area contributed by atoms with Gasteiger partial charge in [-0.25, -0.2) is 9.97 Å². The number of rotatable bonds is 6. The van der Waals surface area contributed by atoms with Gasteiger partial charge in [-0.05, 0) is 49.8 Å². The van der Waals surface area contributed by atoms with Crippen molar-refractivity contribution >= 4 is 16.7 Å². The summed E-state index contributed by atoms with van der Waals surface area (Å²) in [7, 11) is 0. The number of aliphatic hydroxyl groups is 1. The molecule has 0 bridgehead atoms. The number of hydrogen-bond donors (Lipinski definition) is 2. The molecule has 25 heavy (non-hydrogen) atoms. The van der Waals surface area contributed by atoms with Crippen LogP contribution in [0.25, 0.3) is 10.9 Å². The van der Waals surface area contributed by atoms with E-state index in [4.69, 9.17) is 10.7 Å². The second-order valence-corrected chi connectivity index (χ2v) is 7.54.